The molecular formula is C16H17N3O. The first-order valence-electron chi connectivity index (χ1n) is 6.59. The molecule has 0 amide bonds. The van der Waals surface area contributed by atoms with Gasteiger partial charge in [0.2, 0.25) is 0 Å². The Kier molecular flexibility index (Phi) is 3.06. The topological polar surface area (TPSA) is 55.3 Å². The highest BCUT2D eigenvalue weighted by Crippen LogP contribution is 2.28. The van der Waals surface area contributed by atoms with Crippen molar-refractivity contribution in [2.24, 2.45) is 0 Å². The molecule has 2 N–H and O–H groups in total. The maximum Gasteiger partial charge on any atom is 0.298 e. The molecule has 3 rings (SSSR count). The zero-order valence-corrected chi connectivity index (χ0v) is 11.6. The fraction of sp³-hybridized carbons (Fsp3) is 0.188. The second kappa shape index (κ2) is 4.89. The molecule has 0 spiro atoms. The highest BCUT2D eigenvalue weighted by Gasteiger charge is 2.17. The van der Waals surface area contributed by atoms with Gasteiger partial charge in [0, 0.05) is 12.7 Å². The van der Waals surface area contributed by atoms with E-state index >= 15 is 0 Å². The van der Waals surface area contributed by atoms with E-state index < -0.39 is 0 Å². The lowest BCUT2D eigenvalue weighted by Gasteiger charge is -2.23. The molecule has 0 saturated carbocycles. The molecule has 0 aliphatic heterocycles. The summed E-state index contributed by atoms with van der Waals surface area (Å²) < 4.78 is 5.79. The number of nitrogen functional groups attached to an aromatic ring is 1. The summed E-state index contributed by atoms with van der Waals surface area (Å²) in [6, 6.07) is 16.4. The largest absolute Gasteiger partial charge is 0.423 e. The van der Waals surface area contributed by atoms with E-state index in [1.165, 1.54) is 0 Å². The Morgan fingerprint density at radius 3 is 2.70 bits per heavy atom. The van der Waals surface area contributed by atoms with E-state index in [1.54, 1.807) is 0 Å². The van der Waals surface area contributed by atoms with Gasteiger partial charge in [0.1, 0.15) is 5.52 Å². The Balaban J connectivity index is 1.93. The number of benzene rings is 2. The summed E-state index contributed by atoms with van der Waals surface area (Å²) in [6.45, 7) is 2.10. The van der Waals surface area contributed by atoms with Crippen molar-refractivity contribution >= 4 is 22.8 Å². The molecule has 3 aromatic rings. The smallest absolute Gasteiger partial charge is 0.298 e. The molecule has 1 atom stereocenters. The molecule has 0 radical (unpaired) electrons. The van der Waals surface area contributed by atoms with E-state index in [4.69, 9.17) is 10.2 Å². The summed E-state index contributed by atoms with van der Waals surface area (Å²) >= 11 is 0. The number of fused-ring (bicyclic) bond motifs is 1. The third-order valence-corrected chi connectivity index (χ3v) is 3.56. The average Bonchev–Trinajstić information content (AvgIpc) is 2.89. The van der Waals surface area contributed by atoms with Crippen LogP contribution in [0.4, 0.5) is 11.7 Å². The summed E-state index contributed by atoms with van der Waals surface area (Å²) in [5, 5.41) is 0. The van der Waals surface area contributed by atoms with Gasteiger partial charge in [-0.15, -0.1) is 0 Å². The minimum Gasteiger partial charge on any atom is -0.423 e. The van der Waals surface area contributed by atoms with Crippen LogP contribution in [0.3, 0.4) is 0 Å². The molecule has 0 bridgehead atoms. The van der Waals surface area contributed by atoms with E-state index in [0.717, 1.165) is 22.4 Å². The van der Waals surface area contributed by atoms with Crippen molar-refractivity contribution in [3.63, 3.8) is 0 Å². The van der Waals surface area contributed by atoms with Gasteiger partial charge in [-0.1, -0.05) is 24.3 Å². The third-order valence-electron chi connectivity index (χ3n) is 3.56. The quantitative estimate of drug-likeness (QED) is 0.736. The summed E-state index contributed by atoms with van der Waals surface area (Å²) in [5.74, 6) is 0. The zero-order chi connectivity index (χ0) is 14.1. The van der Waals surface area contributed by atoms with Gasteiger partial charge in [-0.2, -0.15) is 4.98 Å². The van der Waals surface area contributed by atoms with Crippen LogP contribution in [0.25, 0.3) is 11.1 Å². The lowest BCUT2D eigenvalue weighted by Crippen LogP contribution is -2.21. The van der Waals surface area contributed by atoms with Crippen LogP contribution >= 0.6 is 0 Å². The van der Waals surface area contributed by atoms with Gasteiger partial charge in [-0.25, -0.2) is 0 Å². The highest BCUT2D eigenvalue weighted by atomic mass is 16.4. The maximum atomic E-state index is 5.84. The molecule has 4 nitrogen and oxygen atoms in total. The predicted molar refractivity (Wildman–Crippen MR) is 81.7 cm³/mol. The van der Waals surface area contributed by atoms with Crippen molar-refractivity contribution in [1.82, 2.24) is 4.98 Å². The molecule has 0 aliphatic rings. The van der Waals surface area contributed by atoms with Crippen LogP contribution in [0.5, 0.6) is 0 Å². The second-order valence-corrected chi connectivity index (χ2v) is 4.92. The molecule has 4 heteroatoms. The Labute approximate surface area is 117 Å². The van der Waals surface area contributed by atoms with Crippen molar-refractivity contribution in [1.29, 1.82) is 0 Å². The average molecular weight is 267 g/mol. The number of hydrogen-bond donors (Lipinski definition) is 1. The van der Waals surface area contributed by atoms with Crippen LogP contribution < -0.4 is 10.6 Å². The van der Waals surface area contributed by atoms with Gasteiger partial charge in [0.05, 0.1) is 6.04 Å². The second-order valence-electron chi connectivity index (χ2n) is 4.92. The van der Waals surface area contributed by atoms with E-state index in [0.29, 0.717) is 6.01 Å². The standard InChI is InChI=1S/C16H17N3O/c1-11(12-6-5-7-13(17)10-12)19(2)16-18-14-8-3-4-9-15(14)20-16/h3-11H,17H2,1-2H3. The Hall–Kier alpha value is -2.49. The van der Waals surface area contributed by atoms with E-state index in [2.05, 4.69) is 18.0 Å². The Bertz CT molecular complexity index is 702. The lowest BCUT2D eigenvalue weighted by molar-refractivity contribution is 0.557. The molecular weight excluding hydrogens is 250 g/mol. The van der Waals surface area contributed by atoms with Gasteiger partial charge in [-0.05, 0) is 36.8 Å². The first kappa shape index (κ1) is 12.5. The zero-order valence-electron chi connectivity index (χ0n) is 11.6. The van der Waals surface area contributed by atoms with E-state index in [1.807, 2.05) is 54.4 Å². The molecule has 1 heterocycles. The number of nitrogens with zero attached hydrogens (tertiary/aromatic N) is 2. The molecule has 0 saturated heterocycles. The van der Waals surface area contributed by atoms with Crippen LogP contribution in [0.2, 0.25) is 0 Å². The molecule has 0 aliphatic carbocycles. The molecule has 20 heavy (non-hydrogen) atoms. The normalized spacial score (nSPS) is 12.5. The molecule has 2 aromatic carbocycles. The predicted octanol–water partition coefficient (Wildman–Crippen LogP) is 3.61. The van der Waals surface area contributed by atoms with Crippen molar-refractivity contribution in [2.45, 2.75) is 13.0 Å². The first-order chi connectivity index (χ1) is 9.65. The number of para-hydroxylation sites is 2. The molecule has 0 fully saturated rings. The number of oxazole rings is 1. The van der Waals surface area contributed by atoms with Crippen molar-refractivity contribution in [2.75, 3.05) is 17.7 Å². The number of nitrogens with two attached hydrogens (primary N) is 1. The highest BCUT2D eigenvalue weighted by molar-refractivity contribution is 5.74. The van der Waals surface area contributed by atoms with Gasteiger partial charge >= 0.3 is 0 Å². The van der Waals surface area contributed by atoms with Gasteiger partial charge in [0.15, 0.2) is 5.58 Å². The molecule has 102 valence electrons. The van der Waals surface area contributed by atoms with Gasteiger partial charge < -0.3 is 15.1 Å². The fourth-order valence-corrected chi connectivity index (χ4v) is 2.22. The Morgan fingerprint density at radius 2 is 1.95 bits per heavy atom. The summed E-state index contributed by atoms with van der Waals surface area (Å²) in [7, 11) is 1.97. The first-order valence-corrected chi connectivity index (χ1v) is 6.59. The van der Waals surface area contributed by atoms with Crippen molar-refractivity contribution < 1.29 is 4.42 Å². The number of rotatable bonds is 3. The fourth-order valence-electron chi connectivity index (χ4n) is 2.22. The van der Waals surface area contributed by atoms with Gasteiger partial charge in [-0.3, -0.25) is 0 Å². The maximum absolute atomic E-state index is 5.84. The van der Waals surface area contributed by atoms with E-state index in [-0.39, 0.29) is 6.04 Å². The third kappa shape index (κ3) is 2.20. The summed E-state index contributed by atoms with van der Waals surface area (Å²) in [6.07, 6.45) is 0. The van der Waals surface area contributed by atoms with Crippen molar-refractivity contribution in [3.8, 4) is 0 Å². The number of hydrogen-bond acceptors (Lipinski definition) is 4. The SMILES string of the molecule is CC(c1cccc(N)c1)N(C)c1nc2ccccc2o1. The summed E-state index contributed by atoms with van der Waals surface area (Å²) in [4.78, 5) is 6.52. The van der Waals surface area contributed by atoms with Crippen molar-refractivity contribution in [3.05, 3.63) is 54.1 Å². The van der Waals surface area contributed by atoms with Gasteiger partial charge in [0.25, 0.3) is 6.01 Å². The monoisotopic (exact) mass is 267 g/mol. The van der Waals surface area contributed by atoms with Crippen LogP contribution in [0, 0.1) is 0 Å². The summed E-state index contributed by atoms with van der Waals surface area (Å²) in [5.41, 5.74) is 9.41. The minimum atomic E-state index is 0.131. The van der Waals surface area contributed by atoms with Crippen LogP contribution in [0.1, 0.15) is 18.5 Å². The number of aromatic nitrogens is 1. The number of anilines is 2. The Morgan fingerprint density at radius 1 is 1.15 bits per heavy atom. The molecule has 1 aromatic heterocycles. The molecule has 1 unspecified atom stereocenters. The van der Waals surface area contributed by atoms with Crippen LogP contribution in [-0.2, 0) is 0 Å². The van der Waals surface area contributed by atoms with E-state index in [9.17, 15) is 0 Å². The van der Waals surface area contributed by atoms with Crippen LogP contribution in [0.15, 0.2) is 52.9 Å². The lowest BCUT2D eigenvalue weighted by atomic mass is 10.1. The van der Waals surface area contributed by atoms with Crippen LogP contribution in [-0.4, -0.2) is 12.0 Å². The minimum absolute atomic E-state index is 0.131.